The van der Waals surface area contributed by atoms with E-state index in [1.165, 1.54) is 11.3 Å². The number of hydrogen-bond acceptors (Lipinski definition) is 8. The number of thiazole rings is 1. The molecule has 2 heterocycles. The number of nitro groups is 1. The van der Waals surface area contributed by atoms with Crippen molar-refractivity contribution in [3.8, 4) is 0 Å². The molecule has 0 spiro atoms. The first kappa shape index (κ1) is 19.5. The molecular weight excluding hydrogens is 397 g/mol. The number of nitrogens with zero attached hydrogens (tertiary/aromatic N) is 4. The summed E-state index contributed by atoms with van der Waals surface area (Å²) >= 11 is 1.31. The van der Waals surface area contributed by atoms with Crippen LogP contribution in [0, 0.1) is 24.0 Å². The number of alkyl halides is 3. The van der Waals surface area contributed by atoms with Gasteiger partial charge in [-0.1, -0.05) is 0 Å². The molecule has 0 saturated heterocycles. The Morgan fingerprint density at radius 2 is 1.68 bits per heavy atom. The lowest BCUT2D eigenvalue weighted by Gasteiger charge is -2.10. The summed E-state index contributed by atoms with van der Waals surface area (Å²) in [5, 5.41) is 17.4. The molecule has 146 valence electrons. The van der Waals surface area contributed by atoms with Crippen molar-refractivity contribution < 1.29 is 18.1 Å². The molecule has 0 atom stereocenters. The Hall–Kier alpha value is -3.28. The fraction of sp³-hybridized carbons (Fsp3) is 0.188. The Balaban J connectivity index is 1.92. The Kier molecular flexibility index (Phi) is 5.14. The van der Waals surface area contributed by atoms with E-state index in [4.69, 9.17) is 0 Å². The fourth-order valence-corrected chi connectivity index (χ4v) is 3.06. The van der Waals surface area contributed by atoms with Gasteiger partial charge in [-0.25, -0.2) is 15.0 Å². The number of rotatable bonds is 5. The normalized spacial score (nSPS) is 11.3. The van der Waals surface area contributed by atoms with Crippen LogP contribution in [0.4, 0.5) is 41.3 Å². The molecule has 0 aliphatic heterocycles. The van der Waals surface area contributed by atoms with E-state index in [0.29, 0.717) is 5.13 Å². The van der Waals surface area contributed by atoms with Crippen LogP contribution in [-0.2, 0) is 6.18 Å². The largest absolute Gasteiger partial charge is 0.416 e. The van der Waals surface area contributed by atoms with Gasteiger partial charge in [0.15, 0.2) is 5.13 Å². The number of aryl methyl sites for hydroxylation is 2. The molecule has 0 radical (unpaired) electrons. The zero-order chi connectivity index (χ0) is 20.5. The van der Waals surface area contributed by atoms with Crippen LogP contribution >= 0.6 is 11.3 Å². The molecule has 0 bridgehead atoms. The summed E-state index contributed by atoms with van der Waals surface area (Å²) in [4.78, 5) is 23.8. The van der Waals surface area contributed by atoms with E-state index in [1.54, 1.807) is 0 Å². The molecule has 0 unspecified atom stereocenters. The van der Waals surface area contributed by atoms with E-state index >= 15 is 0 Å². The maximum Gasteiger partial charge on any atom is 0.416 e. The van der Waals surface area contributed by atoms with E-state index < -0.39 is 22.4 Å². The maximum atomic E-state index is 12.7. The SMILES string of the molecule is Cc1nc(Nc2ncnc(Nc3ccc(C(F)(F)F)cc3)c2[N+](=O)[O-])sc1C. The number of halogens is 3. The highest BCUT2D eigenvalue weighted by molar-refractivity contribution is 7.15. The highest BCUT2D eigenvalue weighted by atomic mass is 32.1. The van der Waals surface area contributed by atoms with Crippen LogP contribution in [0.25, 0.3) is 0 Å². The van der Waals surface area contributed by atoms with Gasteiger partial charge >= 0.3 is 11.9 Å². The van der Waals surface area contributed by atoms with Gasteiger partial charge in [0.1, 0.15) is 6.33 Å². The van der Waals surface area contributed by atoms with Crippen LogP contribution in [0.2, 0.25) is 0 Å². The van der Waals surface area contributed by atoms with Crippen LogP contribution < -0.4 is 10.6 Å². The molecule has 3 rings (SSSR count). The van der Waals surface area contributed by atoms with E-state index in [0.717, 1.165) is 41.2 Å². The molecule has 0 amide bonds. The number of nitrogens with one attached hydrogen (secondary N) is 2. The summed E-state index contributed by atoms with van der Waals surface area (Å²) in [6, 6.07) is 4.07. The van der Waals surface area contributed by atoms with Gasteiger partial charge in [0.25, 0.3) is 0 Å². The van der Waals surface area contributed by atoms with Crippen LogP contribution in [0.5, 0.6) is 0 Å². The van der Waals surface area contributed by atoms with Crippen molar-refractivity contribution in [3.63, 3.8) is 0 Å². The molecule has 0 aliphatic carbocycles. The molecule has 0 fully saturated rings. The number of aromatic nitrogens is 3. The minimum Gasteiger partial charge on any atom is -0.334 e. The first-order valence-electron chi connectivity index (χ1n) is 7.80. The lowest BCUT2D eigenvalue weighted by Crippen LogP contribution is -2.06. The van der Waals surface area contributed by atoms with Crippen molar-refractivity contribution >= 4 is 39.5 Å². The third kappa shape index (κ3) is 4.17. The van der Waals surface area contributed by atoms with E-state index in [2.05, 4.69) is 25.6 Å². The zero-order valence-electron chi connectivity index (χ0n) is 14.5. The van der Waals surface area contributed by atoms with Gasteiger partial charge < -0.3 is 10.6 Å². The highest BCUT2D eigenvalue weighted by Crippen LogP contribution is 2.35. The minimum absolute atomic E-state index is 0.0804. The van der Waals surface area contributed by atoms with Crippen LogP contribution in [0.15, 0.2) is 30.6 Å². The van der Waals surface area contributed by atoms with Gasteiger partial charge in [0.05, 0.1) is 16.2 Å². The molecule has 2 N–H and O–H groups in total. The Morgan fingerprint density at radius 1 is 1.07 bits per heavy atom. The second kappa shape index (κ2) is 7.38. The first-order valence-corrected chi connectivity index (χ1v) is 8.61. The zero-order valence-corrected chi connectivity index (χ0v) is 15.4. The third-order valence-electron chi connectivity index (χ3n) is 3.73. The topological polar surface area (TPSA) is 106 Å². The Morgan fingerprint density at radius 3 is 2.18 bits per heavy atom. The van der Waals surface area contributed by atoms with Crippen LogP contribution in [0.1, 0.15) is 16.1 Å². The smallest absolute Gasteiger partial charge is 0.334 e. The number of anilines is 4. The summed E-state index contributed by atoms with van der Waals surface area (Å²) in [5.41, 5.74) is -0.283. The predicted molar refractivity (Wildman–Crippen MR) is 98.3 cm³/mol. The fourth-order valence-electron chi connectivity index (χ4n) is 2.24. The van der Waals surface area contributed by atoms with Gasteiger partial charge in [-0.2, -0.15) is 13.2 Å². The van der Waals surface area contributed by atoms with Crippen molar-refractivity contribution in [2.24, 2.45) is 0 Å². The van der Waals surface area contributed by atoms with Crippen molar-refractivity contribution in [1.82, 2.24) is 15.0 Å². The molecule has 8 nitrogen and oxygen atoms in total. The summed E-state index contributed by atoms with van der Waals surface area (Å²) in [7, 11) is 0. The quantitative estimate of drug-likeness (QED) is 0.452. The average molecular weight is 410 g/mol. The molecule has 2 aromatic heterocycles. The van der Waals surface area contributed by atoms with E-state index in [9.17, 15) is 23.3 Å². The van der Waals surface area contributed by atoms with Crippen molar-refractivity contribution in [3.05, 3.63) is 56.8 Å². The minimum atomic E-state index is -4.47. The summed E-state index contributed by atoms with van der Waals surface area (Å²) in [6.45, 7) is 3.67. The summed E-state index contributed by atoms with van der Waals surface area (Å²) in [6.07, 6.45) is -3.37. The van der Waals surface area contributed by atoms with Gasteiger partial charge in [0, 0.05) is 10.6 Å². The number of hydrogen-bond donors (Lipinski definition) is 2. The predicted octanol–water partition coefficient (Wildman–Crippen LogP) is 4.96. The third-order valence-corrected chi connectivity index (χ3v) is 4.72. The van der Waals surface area contributed by atoms with E-state index in [1.807, 2.05) is 13.8 Å². The maximum absolute atomic E-state index is 12.7. The molecule has 3 aromatic rings. The van der Waals surface area contributed by atoms with E-state index in [-0.39, 0.29) is 17.3 Å². The summed E-state index contributed by atoms with van der Waals surface area (Å²) < 4.78 is 38.0. The molecule has 28 heavy (non-hydrogen) atoms. The second-order valence-electron chi connectivity index (χ2n) is 5.66. The molecular formula is C16H13F3N6O2S. The first-order chi connectivity index (χ1) is 13.1. The van der Waals surface area contributed by atoms with Crippen molar-refractivity contribution in [2.45, 2.75) is 20.0 Å². The lowest BCUT2D eigenvalue weighted by molar-refractivity contribution is -0.383. The van der Waals surface area contributed by atoms with Gasteiger partial charge in [-0.15, -0.1) is 11.3 Å². The standard InChI is InChI=1S/C16H13F3N6O2S/c1-8-9(2)28-15(22-8)24-14-12(25(26)27)13(20-7-21-14)23-11-5-3-10(4-6-11)16(17,18)19/h3-7H,1-2H3,(H2,20,21,22,23,24). The van der Waals surface area contributed by atoms with Gasteiger partial charge in [-0.05, 0) is 38.1 Å². The van der Waals surface area contributed by atoms with Gasteiger partial charge in [0.2, 0.25) is 11.6 Å². The van der Waals surface area contributed by atoms with Crippen LogP contribution in [0.3, 0.4) is 0 Å². The van der Waals surface area contributed by atoms with Gasteiger partial charge in [-0.3, -0.25) is 10.1 Å². The monoisotopic (exact) mass is 410 g/mol. The summed E-state index contributed by atoms with van der Waals surface area (Å²) in [5.74, 6) is -0.240. The molecule has 12 heteroatoms. The molecule has 1 aromatic carbocycles. The lowest BCUT2D eigenvalue weighted by atomic mass is 10.2. The van der Waals surface area contributed by atoms with Crippen molar-refractivity contribution in [1.29, 1.82) is 0 Å². The van der Waals surface area contributed by atoms with Crippen LogP contribution in [-0.4, -0.2) is 19.9 Å². The molecule has 0 aliphatic rings. The Bertz CT molecular complexity index is 1000. The highest BCUT2D eigenvalue weighted by Gasteiger charge is 2.30. The second-order valence-corrected chi connectivity index (χ2v) is 6.87. The van der Waals surface area contributed by atoms with Crippen molar-refractivity contribution in [2.75, 3.05) is 10.6 Å². The molecule has 0 saturated carbocycles. The Labute approximate surface area is 160 Å². The average Bonchev–Trinajstić information content (AvgIpc) is 2.92. The number of benzene rings is 1.